The van der Waals surface area contributed by atoms with Gasteiger partial charge in [-0.2, -0.15) is 0 Å². The molecule has 0 fully saturated rings. The Morgan fingerprint density at radius 2 is 2.19 bits per heavy atom. The Hall–Kier alpha value is -1.29. The number of aromatic nitrogens is 1. The highest BCUT2D eigenvalue weighted by atomic mass is 16.5. The number of nitrogens with two attached hydrogens (primary N) is 1. The molecule has 0 amide bonds. The SMILES string of the molecule is Cc1cc(CCOC(=O)CCN)c(C)n1C. The first kappa shape index (κ1) is 12.8. The van der Waals surface area contributed by atoms with E-state index in [1.54, 1.807) is 0 Å². The van der Waals surface area contributed by atoms with Crippen LogP contribution in [0.15, 0.2) is 6.07 Å². The summed E-state index contributed by atoms with van der Waals surface area (Å²) in [5.41, 5.74) is 8.94. The largest absolute Gasteiger partial charge is 0.465 e. The Morgan fingerprint density at radius 3 is 2.69 bits per heavy atom. The second-order valence-corrected chi connectivity index (χ2v) is 3.96. The zero-order valence-electron chi connectivity index (χ0n) is 10.2. The molecule has 90 valence electrons. The van der Waals surface area contributed by atoms with Gasteiger partial charge in [0.1, 0.15) is 0 Å². The van der Waals surface area contributed by atoms with Crippen molar-refractivity contribution in [2.45, 2.75) is 26.7 Å². The van der Waals surface area contributed by atoms with Gasteiger partial charge in [0.2, 0.25) is 0 Å². The minimum Gasteiger partial charge on any atom is -0.465 e. The van der Waals surface area contributed by atoms with Gasteiger partial charge in [-0.3, -0.25) is 4.79 Å². The van der Waals surface area contributed by atoms with E-state index in [0.29, 0.717) is 19.6 Å². The van der Waals surface area contributed by atoms with E-state index < -0.39 is 0 Å². The van der Waals surface area contributed by atoms with Gasteiger partial charge >= 0.3 is 5.97 Å². The summed E-state index contributed by atoms with van der Waals surface area (Å²) in [6.45, 7) is 4.92. The number of rotatable bonds is 5. The molecule has 0 aliphatic heterocycles. The lowest BCUT2D eigenvalue weighted by atomic mass is 10.2. The third-order valence-electron chi connectivity index (χ3n) is 2.86. The molecule has 1 rings (SSSR count). The second-order valence-electron chi connectivity index (χ2n) is 3.96. The van der Waals surface area contributed by atoms with Crippen molar-refractivity contribution in [2.24, 2.45) is 12.8 Å². The highest BCUT2D eigenvalue weighted by molar-refractivity contribution is 5.69. The fourth-order valence-corrected chi connectivity index (χ4v) is 1.65. The van der Waals surface area contributed by atoms with Crippen molar-refractivity contribution in [3.63, 3.8) is 0 Å². The molecule has 0 unspecified atom stereocenters. The Balaban J connectivity index is 2.43. The first-order chi connectivity index (χ1) is 7.56. The van der Waals surface area contributed by atoms with Crippen molar-refractivity contribution in [3.05, 3.63) is 23.0 Å². The van der Waals surface area contributed by atoms with Crippen LogP contribution in [0.3, 0.4) is 0 Å². The monoisotopic (exact) mass is 224 g/mol. The zero-order valence-corrected chi connectivity index (χ0v) is 10.2. The molecule has 0 aromatic carbocycles. The molecule has 1 aromatic heterocycles. The van der Waals surface area contributed by atoms with Crippen LogP contribution in [0.5, 0.6) is 0 Å². The molecular weight excluding hydrogens is 204 g/mol. The van der Waals surface area contributed by atoms with Gasteiger partial charge in [0.05, 0.1) is 13.0 Å². The molecular formula is C12H20N2O2. The predicted molar refractivity (Wildman–Crippen MR) is 63.2 cm³/mol. The van der Waals surface area contributed by atoms with Crippen LogP contribution in [-0.4, -0.2) is 23.7 Å². The fourth-order valence-electron chi connectivity index (χ4n) is 1.65. The van der Waals surface area contributed by atoms with Gasteiger partial charge in [0.15, 0.2) is 0 Å². The molecule has 4 nitrogen and oxygen atoms in total. The van der Waals surface area contributed by atoms with Crippen molar-refractivity contribution in [1.29, 1.82) is 0 Å². The van der Waals surface area contributed by atoms with Crippen molar-refractivity contribution >= 4 is 5.97 Å². The maximum Gasteiger partial charge on any atom is 0.307 e. The van der Waals surface area contributed by atoms with Gasteiger partial charge in [-0.1, -0.05) is 0 Å². The standard InChI is InChI=1S/C12H20N2O2/c1-9-8-11(10(2)14(9)3)5-7-16-12(15)4-6-13/h8H,4-7,13H2,1-3H3. The molecule has 4 heteroatoms. The minimum atomic E-state index is -0.215. The maximum atomic E-state index is 11.1. The number of carbonyl (C=O) groups is 1. The molecule has 1 aromatic rings. The van der Waals surface area contributed by atoms with E-state index in [1.807, 2.05) is 7.05 Å². The highest BCUT2D eigenvalue weighted by Gasteiger charge is 2.07. The number of aryl methyl sites for hydroxylation is 1. The maximum absolute atomic E-state index is 11.1. The Bertz CT molecular complexity index is 369. The van der Waals surface area contributed by atoms with E-state index in [0.717, 1.165) is 6.42 Å². The van der Waals surface area contributed by atoms with Crippen LogP contribution in [0.4, 0.5) is 0 Å². The summed E-state index contributed by atoms with van der Waals surface area (Å²) in [5.74, 6) is -0.215. The van der Waals surface area contributed by atoms with Crippen LogP contribution < -0.4 is 5.73 Å². The van der Waals surface area contributed by atoms with E-state index in [1.165, 1.54) is 17.0 Å². The van der Waals surface area contributed by atoms with Gasteiger partial charge in [0, 0.05) is 31.4 Å². The summed E-state index contributed by atoms with van der Waals surface area (Å²) in [7, 11) is 2.04. The van der Waals surface area contributed by atoms with Crippen molar-refractivity contribution < 1.29 is 9.53 Å². The molecule has 0 spiro atoms. The Kier molecular flexibility index (Phi) is 4.55. The normalized spacial score (nSPS) is 10.5. The number of hydrogen-bond acceptors (Lipinski definition) is 3. The summed E-state index contributed by atoms with van der Waals surface area (Å²) in [5, 5.41) is 0. The highest BCUT2D eigenvalue weighted by Crippen LogP contribution is 2.13. The third-order valence-corrected chi connectivity index (χ3v) is 2.86. The van der Waals surface area contributed by atoms with Crippen LogP contribution in [0, 0.1) is 13.8 Å². The number of hydrogen-bond donors (Lipinski definition) is 1. The average Bonchev–Trinajstić information content (AvgIpc) is 2.47. The van der Waals surface area contributed by atoms with E-state index in [4.69, 9.17) is 10.5 Å². The van der Waals surface area contributed by atoms with Crippen molar-refractivity contribution in [1.82, 2.24) is 4.57 Å². The molecule has 1 heterocycles. The van der Waals surface area contributed by atoms with E-state index in [2.05, 4.69) is 24.5 Å². The van der Waals surface area contributed by atoms with Crippen LogP contribution in [0.1, 0.15) is 23.4 Å². The molecule has 16 heavy (non-hydrogen) atoms. The molecule has 0 aliphatic carbocycles. The number of ether oxygens (including phenoxy) is 1. The molecule has 0 saturated carbocycles. The predicted octanol–water partition coefficient (Wildman–Crippen LogP) is 1.08. The van der Waals surface area contributed by atoms with Gasteiger partial charge < -0.3 is 15.0 Å². The lowest BCUT2D eigenvalue weighted by Crippen LogP contribution is -2.12. The molecule has 2 N–H and O–H groups in total. The minimum absolute atomic E-state index is 0.215. The topological polar surface area (TPSA) is 57.2 Å². The van der Waals surface area contributed by atoms with Crippen LogP contribution in [-0.2, 0) is 23.0 Å². The summed E-state index contributed by atoms with van der Waals surface area (Å²) in [4.78, 5) is 11.1. The second kappa shape index (κ2) is 5.70. The number of carbonyl (C=O) groups excluding carboxylic acids is 1. The number of esters is 1. The smallest absolute Gasteiger partial charge is 0.307 e. The summed E-state index contributed by atoms with van der Waals surface area (Å²) in [6.07, 6.45) is 1.07. The Labute approximate surface area is 96.4 Å². The quantitative estimate of drug-likeness (QED) is 0.761. The van der Waals surface area contributed by atoms with Gasteiger partial charge in [-0.25, -0.2) is 0 Å². The van der Waals surface area contributed by atoms with Crippen LogP contribution in [0.2, 0.25) is 0 Å². The molecule has 0 atom stereocenters. The van der Waals surface area contributed by atoms with Crippen molar-refractivity contribution in [2.75, 3.05) is 13.2 Å². The van der Waals surface area contributed by atoms with Gasteiger partial charge in [0.25, 0.3) is 0 Å². The Morgan fingerprint density at radius 1 is 1.50 bits per heavy atom. The zero-order chi connectivity index (χ0) is 12.1. The van der Waals surface area contributed by atoms with Crippen molar-refractivity contribution in [3.8, 4) is 0 Å². The average molecular weight is 224 g/mol. The lowest BCUT2D eigenvalue weighted by molar-refractivity contribution is -0.143. The van der Waals surface area contributed by atoms with E-state index >= 15 is 0 Å². The molecule has 0 aliphatic rings. The third kappa shape index (κ3) is 3.10. The van der Waals surface area contributed by atoms with E-state index in [-0.39, 0.29) is 5.97 Å². The first-order valence-corrected chi connectivity index (χ1v) is 5.53. The molecule has 0 bridgehead atoms. The fraction of sp³-hybridized carbons (Fsp3) is 0.583. The van der Waals surface area contributed by atoms with Gasteiger partial charge in [-0.05, 0) is 25.5 Å². The molecule has 0 saturated heterocycles. The number of nitrogens with zero attached hydrogens (tertiary/aromatic N) is 1. The first-order valence-electron chi connectivity index (χ1n) is 5.53. The van der Waals surface area contributed by atoms with Crippen LogP contribution >= 0.6 is 0 Å². The lowest BCUT2D eigenvalue weighted by Gasteiger charge is -2.04. The van der Waals surface area contributed by atoms with E-state index in [9.17, 15) is 4.79 Å². The summed E-state index contributed by atoms with van der Waals surface area (Å²) >= 11 is 0. The summed E-state index contributed by atoms with van der Waals surface area (Å²) in [6, 6.07) is 2.13. The van der Waals surface area contributed by atoms with Crippen LogP contribution in [0.25, 0.3) is 0 Å². The van der Waals surface area contributed by atoms with Gasteiger partial charge in [-0.15, -0.1) is 0 Å². The molecule has 0 radical (unpaired) electrons. The summed E-state index contributed by atoms with van der Waals surface area (Å²) < 4.78 is 7.20.